The molecule has 1 aromatic heterocycles. The molecule has 2 saturated heterocycles. The summed E-state index contributed by atoms with van der Waals surface area (Å²) >= 11 is 4.77. The van der Waals surface area contributed by atoms with Crippen molar-refractivity contribution in [3.05, 3.63) is 4.73 Å². The third-order valence-corrected chi connectivity index (χ3v) is 5.77. The van der Waals surface area contributed by atoms with Crippen molar-refractivity contribution in [1.82, 2.24) is 19.2 Å². The van der Waals surface area contributed by atoms with Gasteiger partial charge in [0.2, 0.25) is 15.8 Å². The van der Waals surface area contributed by atoms with Crippen LogP contribution in [0.15, 0.2) is 4.73 Å². The molecule has 0 spiro atoms. The van der Waals surface area contributed by atoms with Gasteiger partial charge >= 0.3 is 0 Å². The molecule has 0 bridgehead atoms. The fraction of sp³-hybridized carbons (Fsp3) is 0.769. The van der Waals surface area contributed by atoms with Gasteiger partial charge in [-0.15, -0.1) is 0 Å². The van der Waals surface area contributed by atoms with E-state index in [0.717, 1.165) is 57.2 Å². The smallest absolute Gasteiger partial charge is 0.219 e. The average molecular weight is 374 g/mol. The van der Waals surface area contributed by atoms with Crippen LogP contribution in [-0.2, 0) is 4.79 Å². The van der Waals surface area contributed by atoms with E-state index < -0.39 is 0 Å². The highest BCUT2D eigenvalue weighted by Crippen LogP contribution is 2.25. The van der Waals surface area contributed by atoms with Gasteiger partial charge in [-0.05, 0) is 28.8 Å². The van der Waals surface area contributed by atoms with Gasteiger partial charge in [0.15, 0.2) is 0 Å². The van der Waals surface area contributed by atoms with Crippen molar-refractivity contribution in [2.24, 2.45) is 0 Å². The van der Waals surface area contributed by atoms with Crippen LogP contribution in [0.5, 0.6) is 0 Å². The number of rotatable bonds is 2. The molecule has 2 aliphatic heterocycles. The number of amides is 1. The van der Waals surface area contributed by atoms with Crippen molar-refractivity contribution < 1.29 is 4.79 Å². The molecule has 3 heterocycles. The zero-order valence-corrected chi connectivity index (χ0v) is 14.6. The lowest BCUT2D eigenvalue weighted by Gasteiger charge is -2.42. The number of hydrogen-bond acceptors (Lipinski definition) is 6. The van der Waals surface area contributed by atoms with Crippen molar-refractivity contribution in [3.8, 4) is 0 Å². The summed E-state index contributed by atoms with van der Waals surface area (Å²) in [5.74, 6) is 0.200. The van der Waals surface area contributed by atoms with Crippen LogP contribution >= 0.6 is 27.5 Å². The highest BCUT2D eigenvalue weighted by Gasteiger charge is 2.28. The monoisotopic (exact) mass is 373 g/mol. The molecule has 1 aromatic rings. The second-order valence-electron chi connectivity index (χ2n) is 5.61. The number of nitrogens with zero attached hydrogens (tertiary/aromatic N) is 5. The molecule has 2 fully saturated rings. The van der Waals surface area contributed by atoms with Crippen molar-refractivity contribution >= 4 is 38.5 Å². The average Bonchev–Trinajstić information content (AvgIpc) is 2.94. The van der Waals surface area contributed by atoms with Crippen molar-refractivity contribution in [2.75, 3.05) is 44.2 Å². The zero-order chi connectivity index (χ0) is 14.8. The minimum atomic E-state index is 0.200. The highest BCUT2D eigenvalue weighted by molar-refractivity contribution is 9.10. The summed E-state index contributed by atoms with van der Waals surface area (Å²) in [5, 5.41) is 1.02. The van der Waals surface area contributed by atoms with Gasteiger partial charge in [-0.25, -0.2) is 0 Å². The molecule has 21 heavy (non-hydrogen) atoms. The highest BCUT2D eigenvalue weighted by atomic mass is 79.9. The summed E-state index contributed by atoms with van der Waals surface area (Å²) in [7, 11) is 0. The maximum atomic E-state index is 11.4. The van der Waals surface area contributed by atoms with E-state index in [4.69, 9.17) is 0 Å². The molecule has 0 unspecified atom stereocenters. The molecule has 0 aromatic carbocycles. The van der Waals surface area contributed by atoms with Gasteiger partial charge in [0.1, 0.15) is 0 Å². The minimum Gasteiger partial charge on any atom is -0.347 e. The molecule has 3 rings (SSSR count). The second-order valence-corrected chi connectivity index (χ2v) is 7.05. The Morgan fingerprint density at radius 3 is 2.38 bits per heavy atom. The predicted molar refractivity (Wildman–Crippen MR) is 86.7 cm³/mol. The van der Waals surface area contributed by atoms with Crippen molar-refractivity contribution in [1.29, 1.82) is 0 Å². The zero-order valence-electron chi connectivity index (χ0n) is 12.2. The van der Waals surface area contributed by atoms with Crippen LogP contribution in [0.25, 0.3) is 0 Å². The van der Waals surface area contributed by atoms with Gasteiger partial charge in [0.05, 0.1) is 0 Å². The molecule has 0 aliphatic carbocycles. The Kier molecular flexibility index (Phi) is 4.75. The number of carbonyl (C=O) groups is 1. The summed E-state index contributed by atoms with van der Waals surface area (Å²) in [6, 6.07) is 0.645. The van der Waals surface area contributed by atoms with Crippen LogP contribution in [-0.4, -0.2) is 70.4 Å². The lowest BCUT2D eigenvalue weighted by molar-refractivity contribution is -0.130. The molecule has 116 valence electrons. The van der Waals surface area contributed by atoms with E-state index in [0.29, 0.717) is 10.8 Å². The topological polar surface area (TPSA) is 52.6 Å². The standard InChI is InChI=1S/C13H20BrN5OS/c1-10(20)17-6-8-18(9-7-17)11-2-4-19(5-3-11)13-15-12(14)16-21-13/h11H,2-9H2,1H3. The summed E-state index contributed by atoms with van der Waals surface area (Å²) in [6.07, 6.45) is 2.33. The Bertz CT molecular complexity index is 495. The Morgan fingerprint density at radius 1 is 1.19 bits per heavy atom. The summed E-state index contributed by atoms with van der Waals surface area (Å²) < 4.78 is 4.87. The molecular formula is C13H20BrN5OS. The molecule has 0 radical (unpaired) electrons. The third kappa shape index (κ3) is 3.54. The van der Waals surface area contributed by atoms with Crippen LogP contribution in [0.4, 0.5) is 5.13 Å². The molecule has 6 nitrogen and oxygen atoms in total. The molecule has 0 atom stereocenters. The first-order valence-corrected chi connectivity index (χ1v) is 8.94. The number of piperazine rings is 1. The van der Waals surface area contributed by atoms with Gasteiger partial charge in [0, 0.05) is 63.8 Å². The molecule has 0 N–H and O–H groups in total. The van der Waals surface area contributed by atoms with E-state index in [1.165, 1.54) is 11.5 Å². The number of halogens is 1. The van der Waals surface area contributed by atoms with Crippen LogP contribution in [0, 0.1) is 0 Å². The van der Waals surface area contributed by atoms with Gasteiger partial charge in [-0.2, -0.15) is 9.36 Å². The number of anilines is 1. The van der Waals surface area contributed by atoms with Crippen molar-refractivity contribution in [3.63, 3.8) is 0 Å². The second kappa shape index (κ2) is 6.58. The van der Waals surface area contributed by atoms with Crippen molar-refractivity contribution in [2.45, 2.75) is 25.8 Å². The van der Waals surface area contributed by atoms with Gasteiger partial charge in [0.25, 0.3) is 0 Å². The Hall–Kier alpha value is -0.730. The molecule has 0 saturated carbocycles. The number of hydrogen-bond donors (Lipinski definition) is 0. The van der Waals surface area contributed by atoms with Crippen LogP contribution in [0.3, 0.4) is 0 Å². The maximum Gasteiger partial charge on any atom is 0.219 e. The first-order valence-electron chi connectivity index (χ1n) is 7.37. The Balaban J connectivity index is 1.49. The Morgan fingerprint density at radius 2 is 1.86 bits per heavy atom. The third-order valence-electron chi connectivity index (χ3n) is 4.40. The van der Waals surface area contributed by atoms with E-state index in [1.807, 2.05) is 4.90 Å². The molecular weight excluding hydrogens is 354 g/mol. The van der Waals surface area contributed by atoms with Gasteiger partial charge < -0.3 is 9.80 Å². The largest absolute Gasteiger partial charge is 0.347 e. The van der Waals surface area contributed by atoms with Gasteiger partial charge in [-0.3, -0.25) is 9.69 Å². The number of piperidine rings is 1. The first-order chi connectivity index (χ1) is 10.1. The first kappa shape index (κ1) is 15.2. The number of carbonyl (C=O) groups excluding carboxylic acids is 1. The maximum absolute atomic E-state index is 11.4. The molecule has 1 amide bonds. The molecule has 8 heteroatoms. The Labute approximate surface area is 137 Å². The lowest BCUT2D eigenvalue weighted by atomic mass is 10.0. The minimum absolute atomic E-state index is 0.200. The number of aromatic nitrogens is 2. The van der Waals surface area contributed by atoms with Crippen LogP contribution in [0.2, 0.25) is 0 Å². The van der Waals surface area contributed by atoms with E-state index >= 15 is 0 Å². The van der Waals surface area contributed by atoms with Crippen LogP contribution in [0.1, 0.15) is 19.8 Å². The summed E-state index contributed by atoms with van der Waals surface area (Å²) in [5.41, 5.74) is 0. The quantitative estimate of drug-likeness (QED) is 0.784. The lowest BCUT2D eigenvalue weighted by Crippen LogP contribution is -2.54. The molecule has 2 aliphatic rings. The fourth-order valence-electron chi connectivity index (χ4n) is 3.15. The SMILES string of the molecule is CC(=O)N1CCN(C2CCN(c3nc(Br)ns3)CC2)CC1. The van der Waals surface area contributed by atoms with Crippen LogP contribution < -0.4 is 4.90 Å². The summed E-state index contributed by atoms with van der Waals surface area (Å²) in [6.45, 7) is 7.51. The summed E-state index contributed by atoms with van der Waals surface area (Å²) in [4.78, 5) is 22.6. The van der Waals surface area contributed by atoms with E-state index in [-0.39, 0.29) is 5.91 Å². The fourth-order valence-corrected chi connectivity index (χ4v) is 4.28. The van der Waals surface area contributed by atoms with E-state index in [9.17, 15) is 4.79 Å². The van der Waals surface area contributed by atoms with Gasteiger partial charge in [-0.1, -0.05) is 0 Å². The predicted octanol–water partition coefficient (Wildman–Crippen LogP) is 1.43. The van der Waals surface area contributed by atoms with E-state index in [1.54, 1.807) is 6.92 Å². The van der Waals surface area contributed by atoms with E-state index in [2.05, 4.69) is 35.1 Å². The normalized spacial score (nSPS) is 21.8.